The fraction of sp³-hybridized carbons (Fsp3) is 0.206. The lowest BCUT2D eigenvalue weighted by molar-refractivity contribution is -0.134. The lowest BCUT2D eigenvalue weighted by atomic mass is 10.2. The minimum absolute atomic E-state index is 0.0166. The number of hydrazine groups is 3. The Morgan fingerprint density at radius 1 is 0.556 bits per heavy atom. The molecule has 24 nitrogen and oxygen atoms in total. The van der Waals surface area contributed by atoms with E-state index >= 15 is 0 Å². The molecule has 0 aliphatic carbocycles. The van der Waals surface area contributed by atoms with Gasteiger partial charge in [-0.05, 0) is 78.2 Å². The molecule has 9 rings (SSSR count). The molecule has 9 aromatic rings. The first-order valence-corrected chi connectivity index (χ1v) is 29.0. The summed E-state index contributed by atoms with van der Waals surface area (Å²) in [6.45, 7) is 7.65. The van der Waals surface area contributed by atoms with Gasteiger partial charge in [0.15, 0.2) is 5.43 Å². The molecule has 0 atom stereocenters. The highest BCUT2D eigenvalue weighted by Crippen LogP contribution is 2.20. The zero-order valence-electron chi connectivity index (χ0n) is 49.3. The number of nitrogens with one attached hydrogen (secondary N) is 7. The predicted molar refractivity (Wildman–Crippen MR) is 345 cm³/mol. The molecular formula is C63H64Cl3N13O11. The number of fused-ring (bicyclic) bond motifs is 3. The fourth-order valence-electron chi connectivity index (χ4n) is 8.40. The summed E-state index contributed by atoms with van der Waals surface area (Å²) < 4.78 is 10.3. The van der Waals surface area contributed by atoms with Crippen LogP contribution in [0, 0.1) is 6.92 Å². The van der Waals surface area contributed by atoms with Crippen LogP contribution in [0.25, 0.3) is 32.7 Å². The van der Waals surface area contributed by atoms with Crippen molar-refractivity contribution in [3.05, 3.63) is 216 Å². The van der Waals surface area contributed by atoms with E-state index in [1.165, 1.54) is 41.9 Å². The van der Waals surface area contributed by atoms with Crippen molar-refractivity contribution in [2.75, 3.05) is 55.2 Å². The number of para-hydroxylation sites is 2. The van der Waals surface area contributed by atoms with E-state index in [9.17, 15) is 38.4 Å². The number of nitrogens with zero attached hydrogens (tertiary/aromatic N) is 6. The summed E-state index contributed by atoms with van der Waals surface area (Å²) in [4.78, 5) is 115. The van der Waals surface area contributed by atoms with Gasteiger partial charge >= 0.3 is 12.2 Å². The minimum atomic E-state index is -0.802. The van der Waals surface area contributed by atoms with Gasteiger partial charge in [0.1, 0.15) is 19.0 Å². The number of aromatic nitrogens is 4. The Balaban J connectivity index is 0.000000192. The highest BCUT2D eigenvalue weighted by Gasteiger charge is 2.17. The fourth-order valence-corrected chi connectivity index (χ4v) is 9.00. The number of anilines is 3. The average molecular weight is 1290 g/mol. The quantitative estimate of drug-likeness (QED) is 0.0232. The molecule has 468 valence electrons. The molecule has 0 spiro atoms. The Morgan fingerprint density at radius 3 is 1.60 bits per heavy atom. The predicted octanol–water partition coefficient (Wildman–Crippen LogP) is 9.61. The van der Waals surface area contributed by atoms with E-state index in [-0.39, 0.29) is 79.9 Å². The smallest absolute Gasteiger partial charge is 0.414 e. The normalized spacial score (nSPS) is 10.7. The van der Waals surface area contributed by atoms with Gasteiger partial charge in [-0.2, -0.15) is 5.06 Å². The van der Waals surface area contributed by atoms with Gasteiger partial charge in [0.2, 0.25) is 30.1 Å². The molecule has 0 unspecified atom stereocenters. The second-order valence-corrected chi connectivity index (χ2v) is 20.7. The Kier molecular flexibility index (Phi) is 25.7. The number of halogens is 3. The largest absolute Gasteiger partial charge is 0.447 e. The van der Waals surface area contributed by atoms with Gasteiger partial charge < -0.3 is 14.5 Å². The summed E-state index contributed by atoms with van der Waals surface area (Å²) in [5.74, 6) is -0.479. The second-order valence-electron chi connectivity index (χ2n) is 19.5. The first kappa shape index (κ1) is 67.7. The van der Waals surface area contributed by atoms with Crippen LogP contribution in [0.15, 0.2) is 167 Å². The van der Waals surface area contributed by atoms with Gasteiger partial charge in [-0.25, -0.2) is 30.9 Å². The number of benzene rings is 6. The maximum atomic E-state index is 12.2. The topological polar surface area (TPSA) is 295 Å². The zero-order chi connectivity index (χ0) is 64.5. The molecule has 0 fully saturated rings. The van der Waals surface area contributed by atoms with Crippen LogP contribution in [0.5, 0.6) is 0 Å². The summed E-state index contributed by atoms with van der Waals surface area (Å²) in [6.07, 6.45) is 0.604. The third-order valence-corrected chi connectivity index (χ3v) is 14.1. The number of hydrogen-bond acceptors (Lipinski definition) is 16. The molecule has 0 bridgehead atoms. The molecule has 6 amide bonds. The lowest BCUT2D eigenvalue weighted by Gasteiger charge is -2.24. The van der Waals surface area contributed by atoms with Crippen LogP contribution in [0.4, 0.5) is 27.0 Å². The summed E-state index contributed by atoms with van der Waals surface area (Å²) in [7, 11) is 0. The molecule has 6 aromatic carbocycles. The Morgan fingerprint density at radius 2 is 1.06 bits per heavy atom. The van der Waals surface area contributed by atoms with Crippen molar-refractivity contribution in [3.8, 4) is 0 Å². The highest BCUT2D eigenvalue weighted by molar-refractivity contribution is 6.32. The number of hydrogen-bond donors (Lipinski definition) is 7. The summed E-state index contributed by atoms with van der Waals surface area (Å²) in [6, 6.07) is 44.9. The number of aryl methyl sites for hydroxylation is 1. The lowest BCUT2D eigenvalue weighted by Crippen LogP contribution is -2.44. The number of pyridine rings is 2. The summed E-state index contributed by atoms with van der Waals surface area (Å²) >= 11 is 18.4. The molecule has 0 aliphatic heterocycles. The number of rotatable bonds is 23. The van der Waals surface area contributed by atoms with Crippen LogP contribution in [-0.4, -0.2) is 111 Å². The van der Waals surface area contributed by atoms with E-state index in [2.05, 4.69) is 46.8 Å². The van der Waals surface area contributed by atoms with Crippen molar-refractivity contribution < 1.29 is 43.1 Å². The maximum Gasteiger partial charge on any atom is 0.414 e. The van der Waals surface area contributed by atoms with Gasteiger partial charge in [-0.1, -0.05) is 131 Å². The van der Waals surface area contributed by atoms with Crippen LogP contribution >= 0.6 is 34.8 Å². The van der Waals surface area contributed by atoms with Crippen molar-refractivity contribution in [2.45, 2.75) is 47.3 Å². The molecular weight excluding hydrogens is 1220 g/mol. The Bertz CT molecular complexity index is 4100. The number of carbonyl (C=O) groups excluding carboxylic acids is 6. The van der Waals surface area contributed by atoms with Crippen LogP contribution in [0.1, 0.15) is 43.0 Å². The third kappa shape index (κ3) is 20.7. The van der Waals surface area contributed by atoms with Gasteiger partial charge in [-0.3, -0.25) is 69.2 Å². The van der Waals surface area contributed by atoms with E-state index in [1.807, 2.05) is 97.9 Å². The van der Waals surface area contributed by atoms with E-state index in [1.54, 1.807) is 60.8 Å². The van der Waals surface area contributed by atoms with E-state index in [4.69, 9.17) is 49.1 Å². The molecule has 27 heteroatoms. The molecule has 0 saturated heterocycles. The van der Waals surface area contributed by atoms with Crippen molar-refractivity contribution in [1.29, 1.82) is 0 Å². The van der Waals surface area contributed by atoms with Crippen LogP contribution in [0.2, 0.25) is 15.1 Å². The van der Waals surface area contributed by atoms with Crippen molar-refractivity contribution in [2.24, 2.45) is 0 Å². The zero-order valence-corrected chi connectivity index (χ0v) is 51.5. The number of aromatic amines is 2. The second kappa shape index (κ2) is 34.1. The average Bonchev–Trinajstić information content (AvgIpc) is 2.04. The monoisotopic (exact) mass is 1280 g/mol. The molecule has 0 radical (unpaired) electrons. The maximum absolute atomic E-state index is 12.2. The third-order valence-electron chi connectivity index (χ3n) is 13.0. The van der Waals surface area contributed by atoms with Gasteiger partial charge in [0.25, 0.3) is 5.56 Å². The molecule has 90 heavy (non-hydrogen) atoms. The number of carbonyl (C=O) groups is 6. The molecule has 3 aromatic heterocycles. The van der Waals surface area contributed by atoms with Crippen LogP contribution < -0.4 is 43.0 Å². The van der Waals surface area contributed by atoms with E-state index in [0.717, 1.165) is 38.2 Å². The Labute approximate surface area is 531 Å². The highest BCUT2D eigenvalue weighted by atomic mass is 35.5. The molecule has 0 aliphatic rings. The van der Waals surface area contributed by atoms with E-state index in [0.29, 0.717) is 68.6 Å². The first-order chi connectivity index (χ1) is 43.3. The summed E-state index contributed by atoms with van der Waals surface area (Å²) in [5, 5.41) is 13.7. The van der Waals surface area contributed by atoms with Crippen molar-refractivity contribution >= 4 is 121 Å². The van der Waals surface area contributed by atoms with Crippen LogP contribution in [0.3, 0.4) is 0 Å². The van der Waals surface area contributed by atoms with Gasteiger partial charge in [-0.15, -0.1) is 0 Å². The van der Waals surface area contributed by atoms with E-state index < -0.39 is 12.2 Å². The number of H-pyrrole nitrogens is 2. The molecule has 3 heterocycles. The van der Waals surface area contributed by atoms with Gasteiger partial charge in [0.05, 0.1) is 60.1 Å². The minimum Gasteiger partial charge on any atom is -0.447 e. The molecule has 7 N–H and O–H groups in total. The van der Waals surface area contributed by atoms with Gasteiger partial charge in [0, 0.05) is 72.3 Å². The van der Waals surface area contributed by atoms with Crippen molar-refractivity contribution in [3.63, 3.8) is 0 Å². The van der Waals surface area contributed by atoms with Crippen molar-refractivity contribution in [1.82, 2.24) is 51.2 Å². The number of amides is 6. The standard InChI is InChI=1S/C21H22ClN5O4.C21H21ClN4O4.C21H21ClN4O3/c1-13-7-8-18-16(11-13)19(29)25-20(24-18)26-21(30)31-10-9-27(14(2)28)23-12-15-5-3-4-6-17(15)22;1-15(28)25(23-13-16-6-2-4-8-18(16)22)10-11-30-26(14-27)21-12-20(29)17-7-3-5-9-19(17)24-21;1-15(27)26(24-13-17-7-2-4-8-19(17)22)10-11-29-21(28)25-18-12-16-6-3-5-9-20(16)23-14-18/h3-8,11,23H,9-10,12H2,1-2H3,(H2,24,25,26,29,30);2-9,12,14,23H,10-11,13H2,1H3,(H,24,29);2-9,12,14,24H,10-11,13H2,1H3,(H,25,28). The number of hydroxylamine groups is 1. The SMILES string of the molecule is CC(=O)N(CCOC(=O)Nc1cnc2ccccc2c1)NCc1ccccc1Cl.CC(=O)N(CCOC(=O)Nc1nc2ccc(C)cc2c(=O)[nH]1)NCc1ccccc1Cl.CC(=O)N(CCON(C=O)c1cc(=O)c2ccccc2[nH]1)NCc1ccccc1Cl. The first-order valence-electron chi connectivity index (χ1n) is 27.8. The molecule has 0 saturated carbocycles. The summed E-state index contributed by atoms with van der Waals surface area (Å²) in [5.41, 5.74) is 14.2. The Hall–Kier alpha value is -9.79. The van der Waals surface area contributed by atoms with Crippen LogP contribution in [-0.2, 0) is 53.1 Å². The number of ether oxygens (including phenoxy) is 2.